The number of hydrogen-bond donors (Lipinski definition) is 1. The van der Waals surface area contributed by atoms with Crippen molar-refractivity contribution in [1.29, 1.82) is 0 Å². The normalized spacial score (nSPS) is 15.3. The lowest BCUT2D eigenvalue weighted by Gasteiger charge is -2.31. The molecule has 1 fully saturated rings. The number of carbonyl (C=O) groups excluding carboxylic acids is 2. The molecule has 2 aromatic rings. The molecule has 1 aromatic heterocycles. The van der Waals surface area contributed by atoms with E-state index in [9.17, 15) is 9.59 Å². The van der Waals surface area contributed by atoms with Gasteiger partial charge in [-0.05, 0) is 31.9 Å². The molecule has 3 rings (SSSR count). The summed E-state index contributed by atoms with van der Waals surface area (Å²) in [6.45, 7) is 3.45. The summed E-state index contributed by atoms with van der Waals surface area (Å²) in [4.78, 5) is 30.1. The molecule has 1 N–H and O–H groups in total. The van der Waals surface area contributed by atoms with Crippen molar-refractivity contribution in [1.82, 2.24) is 15.2 Å². The van der Waals surface area contributed by atoms with Crippen LogP contribution in [-0.4, -0.2) is 47.6 Å². The summed E-state index contributed by atoms with van der Waals surface area (Å²) in [5.74, 6) is 0.0499. The molecule has 25 heavy (non-hydrogen) atoms. The van der Waals surface area contributed by atoms with Crippen LogP contribution in [0.25, 0.3) is 10.2 Å². The number of nitrogens with one attached hydrogen (secondary N) is 1. The van der Waals surface area contributed by atoms with Gasteiger partial charge in [-0.1, -0.05) is 12.1 Å². The van der Waals surface area contributed by atoms with Crippen LogP contribution in [0.1, 0.15) is 31.2 Å². The molecule has 0 atom stereocenters. The fourth-order valence-corrected chi connectivity index (χ4v) is 3.94. The number of nitrogens with zero attached hydrogens (tertiary/aromatic N) is 2. The Morgan fingerprint density at radius 3 is 2.80 bits per heavy atom. The SMILES string of the molecule is CCOC(=O)N1CCC(NC(=O)CCc2nc3ccccc3s2)CC1. The van der Waals surface area contributed by atoms with Crippen molar-refractivity contribution >= 4 is 33.6 Å². The Labute approximate surface area is 151 Å². The first kappa shape index (κ1) is 17.7. The lowest BCUT2D eigenvalue weighted by molar-refractivity contribution is -0.122. The van der Waals surface area contributed by atoms with Crippen molar-refractivity contribution in [2.45, 2.75) is 38.6 Å². The van der Waals surface area contributed by atoms with Gasteiger partial charge in [-0.2, -0.15) is 0 Å². The van der Waals surface area contributed by atoms with Gasteiger partial charge in [0.25, 0.3) is 0 Å². The Balaban J connectivity index is 1.42. The van der Waals surface area contributed by atoms with Crippen molar-refractivity contribution < 1.29 is 14.3 Å². The third-order valence-corrected chi connectivity index (χ3v) is 5.39. The molecule has 1 aliphatic rings. The van der Waals surface area contributed by atoms with E-state index >= 15 is 0 Å². The van der Waals surface area contributed by atoms with E-state index in [1.807, 2.05) is 24.3 Å². The van der Waals surface area contributed by atoms with Gasteiger partial charge in [0.05, 0.1) is 21.8 Å². The first-order valence-electron chi connectivity index (χ1n) is 8.71. The van der Waals surface area contributed by atoms with E-state index < -0.39 is 0 Å². The second-order valence-corrected chi connectivity index (χ2v) is 7.22. The number of aromatic nitrogens is 1. The van der Waals surface area contributed by atoms with E-state index in [-0.39, 0.29) is 18.0 Å². The van der Waals surface area contributed by atoms with Gasteiger partial charge in [-0.25, -0.2) is 9.78 Å². The zero-order valence-corrected chi connectivity index (χ0v) is 15.2. The van der Waals surface area contributed by atoms with Gasteiger partial charge in [0.15, 0.2) is 0 Å². The largest absolute Gasteiger partial charge is 0.450 e. The Bertz CT molecular complexity index is 705. The second-order valence-electron chi connectivity index (χ2n) is 6.10. The molecule has 2 amide bonds. The fraction of sp³-hybridized carbons (Fsp3) is 0.500. The van der Waals surface area contributed by atoms with Gasteiger partial charge < -0.3 is 15.0 Å². The summed E-state index contributed by atoms with van der Waals surface area (Å²) in [5, 5.41) is 4.07. The highest BCUT2D eigenvalue weighted by Crippen LogP contribution is 2.22. The van der Waals surface area contributed by atoms with Crippen LogP contribution >= 0.6 is 11.3 Å². The number of rotatable bonds is 5. The number of fused-ring (bicyclic) bond motifs is 1. The summed E-state index contributed by atoms with van der Waals surface area (Å²) in [7, 11) is 0. The molecule has 1 aliphatic heterocycles. The number of piperidine rings is 1. The smallest absolute Gasteiger partial charge is 0.409 e. The number of hydrogen-bond acceptors (Lipinski definition) is 5. The number of aryl methyl sites for hydroxylation is 1. The van der Waals surface area contributed by atoms with Crippen LogP contribution in [0.4, 0.5) is 4.79 Å². The number of benzene rings is 1. The minimum absolute atomic E-state index is 0.0499. The molecular weight excluding hydrogens is 338 g/mol. The molecule has 0 aliphatic carbocycles. The van der Waals surface area contributed by atoms with E-state index in [0.29, 0.717) is 32.5 Å². The van der Waals surface area contributed by atoms with Crippen LogP contribution < -0.4 is 5.32 Å². The molecule has 6 nitrogen and oxygen atoms in total. The van der Waals surface area contributed by atoms with Crippen LogP contribution in [0.15, 0.2) is 24.3 Å². The van der Waals surface area contributed by atoms with E-state index in [0.717, 1.165) is 28.1 Å². The maximum Gasteiger partial charge on any atom is 0.409 e. The summed E-state index contributed by atoms with van der Waals surface area (Å²) < 4.78 is 6.16. The first-order valence-corrected chi connectivity index (χ1v) is 9.53. The highest BCUT2D eigenvalue weighted by molar-refractivity contribution is 7.18. The van der Waals surface area contributed by atoms with Crippen LogP contribution in [0.5, 0.6) is 0 Å². The maximum absolute atomic E-state index is 12.2. The quantitative estimate of drug-likeness (QED) is 0.889. The summed E-state index contributed by atoms with van der Waals surface area (Å²) in [6.07, 6.45) is 2.38. The first-order chi connectivity index (χ1) is 12.2. The highest BCUT2D eigenvalue weighted by Gasteiger charge is 2.24. The molecule has 2 heterocycles. The molecule has 134 valence electrons. The molecule has 1 saturated heterocycles. The predicted octanol–water partition coefficient (Wildman–Crippen LogP) is 2.97. The van der Waals surface area contributed by atoms with Crippen molar-refractivity contribution in [2.24, 2.45) is 0 Å². The van der Waals surface area contributed by atoms with E-state index in [1.165, 1.54) is 0 Å². The maximum atomic E-state index is 12.2. The zero-order chi connectivity index (χ0) is 17.6. The summed E-state index contributed by atoms with van der Waals surface area (Å²) in [5.41, 5.74) is 0.995. The Morgan fingerprint density at radius 1 is 1.32 bits per heavy atom. The van der Waals surface area contributed by atoms with Gasteiger partial charge in [-0.3, -0.25) is 4.79 Å². The number of amides is 2. The van der Waals surface area contributed by atoms with E-state index in [1.54, 1.807) is 23.2 Å². The van der Waals surface area contributed by atoms with Gasteiger partial charge in [0, 0.05) is 32.0 Å². The minimum Gasteiger partial charge on any atom is -0.450 e. The molecular formula is C18H23N3O3S. The van der Waals surface area contributed by atoms with Gasteiger partial charge in [0.2, 0.25) is 5.91 Å². The lowest BCUT2D eigenvalue weighted by Crippen LogP contribution is -2.46. The van der Waals surface area contributed by atoms with Crippen LogP contribution in [0.3, 0.4) is 0 Å². The van der Waals surface area contributed by atoms with Crippen LogP contribution in [0.2, 0.25) is 0 Å². The third-order valence-electron chi connectivity index (χ3n) is 4.29. The van der Waals surface area contributed by atoms with E-state index in [4.69, 9.17) is 4.74 Å². The van der Waals surface area contributed by atoms with Crippen molar-refractivity contribution in [3.63, 3.8) is 0 Å². The molecule has 7 heteroatoms. The molecule has 0 unspecified atom stereocenters. The van der Waals surface area contributed by atoms with Crippen LogP contribution in [0, 0.1) is 0 Å². The van der Waals surface area contributed by atoms with Gasteiger partial charge in [0.1, 0.15) is 0 Å². The predicted molar refractivity (Wildman–Crippen MR) is 97.7 cm³/mol. The second kappa shape index (κ2) is 8.29. The standard InChI is InChI=1S/C18H23N3O3S/c1-2-24-18(23)21-11-9-13(10-12-21)19-16(22)7-8-17-20-14-5-3-4-6-15(14)25-17/h3-6,13H,2,7-12H2,1H3,(H,19,22). The highest BCUT2D eigenvalue weighted by atomic mass is 32.1. The Morgan fingerprint density at radius 2 is 2.08 bits per heavy atom. The number of thiazole rings is 1. The van der Waals surface area contributed by atoms with Crippen molar-refractivity contribution in [3.8, 4) is 0 Å². The molecule has 0 saturated carbocycles. The minimum atomic E-state index is -0.261. The number of likely N-dealkylation sites (tertiary alicyclic amines) is 1. The van der Waals surface area contributed by atoms with Gasteiger partial charge in [-0.15, -0.1) is 11.3 Å². The Hall–Kier alpha value is -2.15. The monoisotopic (exact) mass is 361 g/mol. The van der Waals surface area contributed by atoms with Gasteiger partial charge >= 0.3 is 6.09 Å². The average molecular weight is 361 g/mol. The van der Waals surface area contributed by atoms with Crippen molar-refractivity contribution in [3.05, 3.63) is 29.3 Å². The average Bonchev–Trinajstić information content (AvgIpc) is 3.04. The molecule has 0 spiro atoms. The van der Waals surface area contributed by atoms with E-state index in [2.05, 4.69) is 10.3 Å². The topological polar surface area (TPSA) is 71.5 Å². The summed E-state index contributed by atoms with van der Waals surface area (Å²) >= 11 is 1.64. The fourth-order valence-electron chi connectivity index (χ4n) is 2.97. The Kier molecular flexibility index (Phi) is 5.86. The number of ether oxygens (including phenoxy) is 1. The molecule has 1 aromatic carbocycles. The van der Waals surface area contributed by atoms with Crippen molar-refractivity contribution in [2.75, 3.05) is 19.7 Å². The lowest BCUT2D eigenvalue weighted by atomic mass is 10.1. The number of carbonyl (C=O) groups is 2. The molecule has 0 bridgehead atoms. The zero-order valence-electron chi connectivity index (χ0n) is 14.4. The number of para-hydroxylation sites is 1. The third kappa shape index (κ3) is 4.69. The van der Waals surface area contributed by atoms with Crippen LogP contribution in [-0.2, 0) is 16.0 Å². The molecule has 0 radical (unpaired) electrons. The summed E-state index contributed by atoms with van der Waals surface area (Å²) in [6, 6.07) is 8.15.